The van der Waals surface area contributed by atoms with Crippen LogP contribution in [0.15, 0.2) is 12.1 Å². The fourth-order valence-corrected chi connectivity index (χ4v) is 1.99. The summed E-state index contributed by atoms with van der Waals surface area (Å²) in [7, 11) is 1.75. The van der Waals surface area contributed by atoms with Crippen molar-refractivity contribution in [2.24, 2.45) is 0 Å². The molecule has 4 heteroatoms. The molecule has 0 radical (unpaired) electrons. The van der Waals surface area contributed by atoms with Crippen molar-refractivity contribution in [2.75, 3.05) is 17.7 Å². The number of carbonyl (C=O) groups excluding carboxylic acids is 1. The molecule has 17 heavy (non-hydrogen) atoms. The van der Waals surface area contributed by atoms with Crippen LogP contribution < -0.4 is 15.4 Å². The number of nitrogens with two attached hydrogens (primary N) is 1. The highest BCUT2D eigenvalue weighted by atomic mass is 16.5. The van der Waals surface area contributed by atoms with Crippen molar-refractivity contribution in [3.05, 3.63) is 17.7 Å². The largest absolute Gasteiger partial charge is 0.477 e. The SMILES string of the molecule is CC1Oc2c(N)cc(C(C)C)cc2N(C)C1=O. The minimum absolute atomic E-state index is 0.0437. The summed E-state index contributed by atoms with van der Waals surface area (Å²) in [6.45, 7) is 5.92. The standard InChI is InChI=1S/C13H18N2O2/c1-7(2)9-5-10(14)12-11(6-9)15(4)13(16)8(3)17-12/h5-8H,14H2,1-4H3. The third-order valence-corrected chi connectivity index (χ3v) is 3.12. The van der Waals surface area contributed by atoms with Gasteiger partial charge >= 0.3 is 0 Å². The number of nitrogens with zero attached hydrogens (tertiary/aromatic N) is 1. The van der Waals surface area contributed by atoms with Crippen molar-refractivity contribution in [1.29, 1.82) is 0 Å². The van der Waals surface area contributed by atoms with E-state index in [9.17, 15) is 4.79 Å². The Kier molecular flexibility index (Phi) is 2.73. The van der Waals surface area contributed by atoms with E-state index in [0.717, 1.165) is 11.3 Å². The third-order valence-electron chi connectivity index (χ3n) is 3.12. The number of amides is 1. The summed E-state index contributed by atoms with van der Waals surface area (Å²) < 4.78 is 5.56. The Balaban J connectivity index is 2.57. The highest BCUT2D eigenvalue weighted by Gasteiger charge is 2.30. The molecule has 0 spiro atoms. The van der Waals surface area contributed by atoms with Crippen LogP contribution in [-0.2, 0) is 4.79 Å². The lowest BCUT2D eigenvalue weighted by Crippen LogP contribution is -2.42. The first-order valence-electron chi connectivity index (χ1n) is 5.79. The number of rotatable bonds is 1. The Bertz CT molecular complexity index is 469. The summed E-state index contributed by atoms with van der Waals surface area (Å²) in [5.74, 6) is 0.937. The van der Waals surface area contributed by atoms with Gasteiger partial charge in [-0.1, -0.05) is 13.8 Å². The van der Waals surface area contributed by atoms with E-state index in [1.807, 2.05) is 12.1 Å². The fourth-order valence-electron chi connectivity index (χ4n) is 1.99. The van der Waals surface area contributed by atoms with Gasteiger partial charge in [-0.05, 0) is 30.5 Å². The Labute approximate surface area is 101 Å². The summed E-state index contributed by atoms with van der Waals surface area (Å²) in [6, 6.07) is 3.89. The summed E-state index contributed by atoms with van der Waals surface area (Å²) in [6.07, 6.45) is -0.473. The van der Waals surface area contributed by atoms with E-state index in [4.69, 9.17) is 10.5 Å². The van der Waals surface area contributed by atoms with E-state index in [2.05, 4.69) is 13.8 Å². The second-order valence-corrected chi connectivity index (χ2v) is 4.77. The average Bonchev–Trinajstić information content (AvgIpc) is 2.27. The number of ether oxygens (including phenoxy) is 1. The number of carbonyl (C=O) groups is 1. The summed E-state index contributed by atoms with van der Waals surface area (Å²) in [5, 5.41) is 0. The van der Waals surface area contributed by atoms with E-state index >= 15 is 0 Å². The first-order chi connectivity index (χ1) is 7.91. The van der Waals surface area contributed by atoms with Crippen molar-refractivity contribution < 1.29 is 9.53 Å². The molecular weight excluding hydrogens is 216 g/mol. The molecule has 1 atom stereocenters. The van der Waals surface area contributed by atoms with Gasteiger partial charge in [-0.2, -0.15) is 0 Å². The van der Waals surface area contributed by atoms with Crippen LogP contribution in [-0.4, -0.2) is 19.1 Å². The molecule has 92 valence electrons. The predicted molar refractivity (Wildman–Crippen MR) is 68.4 cm³/mol. The molecule has 0 saturated carbocycles. The quantitative estimate of drug-likeness (QED) is 0.757. The Morgan fingerprint density at radius 2 is 2.06 bits per heavy atom. The lowest BCUT2D eigenvalue weighted by molar-refractivity contribution is -0.125. The van der Waals surface area contributed by atoms with Crippen LogP contribution in [0.3, 0.4) is 0 Å². The van der Waals surface area contributed by atoms with Gasteiger partial charge in [-0.3, -0.25) is 4.79 Å². The smallest absolute Gasteiger partial charge is 0.267 e. The van der Waals surface area contributed by atoms with Crippen molar-refractivity contribution >= 4 is 17.3 Å². The van der Waals surface area contributed by atoms with Crippen LogP contribution in [0.5, 0.6) is 5.75 Å². The van der Waals surface area contributed by atoms with E-state index < -0.39 is 6.10 Å². The molecule has 2 N–H and O–H groups in total. The molecule has 1 aliphatic heterocycles. The minimum atomic E-state index is -0.473. The van der Waals surface area contributed by atoms with Crippen molar-refractivity contribution in [3.8, 4) is 5.75 Å². The van der Waals surface area contributed by atoms with Gasteiger partial charge in [-0.25, -0.2) is 0 Å². The van der Waals surface area contributed by atoms with Crippen LogP contribution in [0.1, 0.15) is 32.3 Å². The second kappa shape index (κ2) is 3.95. The number of likely N-dealkylation sites (N-methyl/N-ethyl adjacent to an activating group) is 1. The van der Waals surface area contributed by atoms with Gasteiger partial charge in [-0.15, -0.1) is 0 Å². The molecule has 1 aromatic rings. The third kappa shape index (κ3) is 1.84. The molecule has 0 bridgehead atoms. The molecule has 1 unspecified atom stereocenters. The number of benzene rings is 1. The van der Waals surface area contributed by atoms with E-state index in [0.29, 0.717) is 17.4 Å². The van der Waals surface area contributed by atoms with Gasteiger partial charge in [0.2, 0.25) is 0 Å². The number of nitrogen functional groups attached to an aromatic ring is 1. The van der Waals surface area contributed by atoms with Crippen LogP contribution in [0, 0.1) is 0 Å². The van der Waals surface area contributed by atoms with Gasteiger partial charge in [0.05, 0.1) is 11.4 Å². The number of hydrogen-bond donors (Lipinski definition) is 1. The van der Waals surface area contributed by atoms with E-state index in [1.165, 1.54) is 0 Å². The van der Waals surface area contributed by atoms with Crippen LogP contribution in [0.4, 0.5) is 11.4 Å². The number of hydrogen-bond acceptors (Lipinski definition) is 3. The van der Waals surface area contributed by atoms with Crippen LogP contribution in [0.2, 0.25) is 0 Å². The Morgan fingerprint density at radius 3 is 2.65 bits per heavy atom. The molecule has 2 rings (SSSR count). The van der Waals surface area contributed by atoms with E-state index in [1.54, 1.807) is 18.9 Å². The molecule has 0 aromatic heterocycles. The molecule has 0 saturated heterocycles. The first-order valence-corrected chi connectivity index (χ1v) is 5.79. The molecular formula is C13H18N2O2. The van der Waals surface area contributed by atoms with Gasteiger partial charge in [0.25, 0.3) is 5.91 Å². The van der Waals surface area contributed by atoms with Gasteiger partial charge in [0, 0.05) is 7.05 Å². The lowest BCUT2D eigenvalue weighted by Gasteiger charge is -2.31. The predicted octanol–water partition coefficient (Wildman–Crippen LogP) is 2.14. The van der Waals surface area contributed by atoms with Crippen molar-refractivity contribution in [2.45, 2.75) is 32.8 Å². The maximum absolute atomic E-state index is 11.8. The highest BCUT2D eigenvalue weighted by Crippen LogP contribution is 2.40. The van der Waals surface area contributed by atoms with Crippen molar-refractivity contribution in [1.82, 2.24) is 0 Å². The maximum Gasteiger partial charge on any atom is 0.267 e. The molecule has 1 aromatic carbocycles. The first kappa shape index (κ1) is 11.8. The summed E-state index contributed by atoms with van der Waals surface area (Å²) in [5.41, 5.74) is 8.45. The zero-order valence-electron chi connectivity index (χ0n) is 10.7. The van der Waals surface area contributed by atoms with Crippen LogP contribution >= 0.6 is 0 Å². The second-order valence-electron chi connectivity index (χ2n) is 4.77. The monoisotopic (exact) mass is 234 g/mol. The van der Waals surface area contributed by atoms with Crippen molar-refractivity contribution in [3.63, 3.8) is 0 Å². The summed E-state index contributed by atoms with van der Waals surface area (Å²) >= 11 is 0. The molecule has 0 aliphatic carbocycles. The molecule has 4 nitrogen and oxygen atoms in total. The lowest BCUT2D eigenvalue weighted by atomic mass is 10.00. The van der Waals surface area contributed by atoms with Crippen LogP contribution in [0.25, 0.3) is 0 Å². The Hall–Kier alpha value is -1.71. The minimum Gasteiger partial charge on any atom is -0.477 e. The van der Waals surface area contributed by atoms with Gasteiger partial charge in [0.15, 0.2) is 11.9 Å². The zero-order chi connectivity index (χ0) is 12.7. The average molecular weight is 234 g/mol. The number of fused-ring (bicyclic) bond motifs is 1. The molecule has 1 heterocycles. The number of anilines is 2. The Morgan fingerprint density at radius 1 is 1.41 bits per heavy atom. The highest BCUT2D eigenvalue weighted by molar-refractivity contribution is 6.00. The summed E-state index contributed by atoms with van der Waals surface area (Å²) in [4.78, 5) is 13.5. The zero-order valence-corrected chi connectivity index (χ0v) is 10.7. The molecule has 1 amide bonds. The van der Waals surface area contributed by atoms with Gasteiger partial charge < -0.3 is 15.4 Å². The maximum atomic E-state index is 11.8. The molecule has 1 aliphatic rings. The van der Waals surface area contributed by atoms with E-state index in [-0.39, 0.29) is 5.91 Å². The molecule has 0 fully saturated rings. The fraction of sp³-hybridized carbons (Fsp3) is 0.462. The normalized spacial score (nSPS) is 19.2. The van der Waals surface area contributed by atoms with Gasteiger partial charge in [0.1, 0.15) is 0 Å². The topological polar surface area (TPSA) is 55.6 Å².